The summed E-state index contributed by atoms with van der Waals surface area (Å²) in [4.78, 5) is 142. The van der Waals surface area contributed by atoms with Gasteiger partial charge in [-0.15, -0.1) is 19.7 Å². The van der Waals surface area contributed by atoms with Crippen LogP contribution < -0.4 is 0 Å². The number of allylic oxidation sites excluding steroid dienone is 3. The van der Waals surface area contributed by atoms with Crippen LogP contribution in [0.15, 0.2) is 220 Å². The van der Waals surface area contributed by atoms with Gasteiger partial charge in [0.25, 0.3) is 0 Å². The summed E-state index contributed by atoms with van der Waals surface area (Å²) in [6.07, 6.45) is 17.1. The van der Waals surface area contributed by atoms with E-state index in [1.54, 1.807) is 18.2 Å². The smallest absolute Gasteiger partial charge is 0.306 e. The largest absolute Gasteiger partial charge is 0.481 e. The maximum atomic E-state index is 11.6. The van der Waals surface area contributed by atoms with Crippen LogP contribution in [0.5, 0.6) is 0 Å². The van der Waals surface area contributed by atoms with Gasteiger partial charge in [0.2, 0.25) is 0 Å². The number of rotatable bonds is 36. The van der Waals surface area contributed by atoms with Gasteiger partial charge in [-0.2, -0.15) is 0 Å². The zero-order valence-corrected chi connectivity index (χ0v) is 69.0. The molecule has 2 unspecified atom stereocenters. The number of ketones is 5. The lowest BCUT2D eigenvalue weighted by Gasteiger charge is -2.37. The van der Waals surface area contributed by atoms with Crippen LogP contribution in [0.3, 0.4) is 0 Å². The first-order valence-electron chi connectivity index (χ1n) is 38.9. The second-order valence-corrected chi connectivity index (χ2v) is 30.9. The number of carboxylic acid groups (broad SMARTS) is 2. The number of alkyl halides is 4. The summed E-state index contributed by atoms with van der Waals surface area (Å²) in [6.45, 7) is 12.4. The lowest BCUT2D eigenvalue weighted by Crippen LogP contribution is -2.47. The lowest BCUT2D eigenvalue weighted by molar-refractivity contribution is -0.146. The zero-order valence-electron chi connectivity index (χ0n) is 65.9. The van der Waals surface area contributed by atoms with Crippen molar-refractivity contribution in [1.82, 2.24) is 0 Å². The van der Waals surface area contributed by atoms with Gasteiger partial charge in [-0.3, -0.25) is 62.3 Å². The van der Waals surface area contributed by atoms with Crippen LogP contribution in [0.1, 0.15) is 187 Å². The molecule has 25 heteroatoms. The number of carboxylic acids is 2. The molecular weight excluding hydrogens is 1580 g/mol. The van der Waals surface area contributed by atoms with Gasteiger partial charge in [0.05, 0.1) is 0 Å². The van der Waals surface area contributed by atoms with E-state index in [1.807, 2.05) is 182 Å². The Bertz CT molecular complexity index is 3830. The van der Waals surface area contributed by atoms with Crippen molar-refractivity contribution in [3.8, 4) is 0 Å². The molecule has 2 atom stereocenters. The second-order valence-electron chi connectivity index (χ2n) is 28.2. The van der Waals surface area contributed by atoms with Gasteiger partial charge >= 0.3 is 47.8 Å². The van der Waals surface area contributed by atoms with Crippen LogP contribution >= 0.6 is 46.4 Å². The fourth-order valence-electron chi connectivity index (χ4n) is 11.2. The van der Waals surface area contributed by atoms with Crippen LogP contribution in [0, 0.1) is 29.6 Å². The van der Waals surface area contributed by atoms with Crippen LogP contribution in [0.4, 0.5) is 0 Å². The topological polar surface area (TPSA) is 318 Å². The number of benzene rings is 6. The highest BCUT2D eigenvalue weighted by Crippen LogP contribution is 2.48. The van der Waals surface area contributed by atoms with E-state index >= 15 is 0 Å². The van der Waals surface area contributed by atoms with Crippen LogP contribution in [0.2, 0.25) is 0 Å². The van der Waals surface area contributed by atoms with Gasteiger partial charge in [-0.25, -0.2) is 0 Å². The summed E-state index contributed by atoms with van der Waals surface area (Å²) >= 11 is 23.4. The zero-order chi connectivity index (χ0) is 85.6. The molecular formula is C92H106Cl4O21. The Balaban J connectivity index is 0.000000285. The molecule has 11 rings (SSSR count). The molecule has 0 heterocycles. The Morgan fingerprint density at radius 1 is 0.299 bits per heavy atom. The van der Waals surface area contributed by atoms with E-state index in [1.165, 1.54) is 0 Å². The molecule has 0 aliphatic heterocycles. The second kappa shape index (κ2) is 57.0. The van der Waals surface area contributed by atoms with Crippen LogP contribution in [-0.2, 0) is 130 Å². The van der Waals surface area contributed by atoms with Crippen molar-refractivity contribution in [2.24, 2.45) is 29.6 Å². The quantitative estimate of drug-likeness (QED) is 0.0160. The van der Waals surface area contributed by atoms with Crippen molar-refractivity contribution in [3.63, 3.8) is 0 Å². The van der Waals surface area contributed by atoms with Crippen molar-refractivity contribution >= 4 is 123 Å². The van der Waals surface area contributed by atoms with Gasteiger partial charge in [0.1, 0.15) is 57.0 Å². The maximum absolute atomic E-state index is 11.6. The number of esters is 6. The number of Topliss-reactive ketones (excluding diaryl/α,β-unsaturated/α-hetero) is 5. The van der Waals surface area contributed by atoms with Crippen molar-refractivity contribution in [1.29, 1.82) is 0 Å². The van der Waals surface area contributed by atoms with Crippen molar-refractivity contribution in [2.75, 3.05) is 0 Å². The Morgan fingerprint density at radius 2 is 0.496 bits per heavy atom. The average Bonchev–Trinajstić information content (AvgIpc) is 0.783. The van der Waals surface area contributed by atoms with E-state index in [4.69, 9.17) is 85.0 Å². The number of ether oxygens (including phenoxy) is 6. The molecule has 0 saturated heterocycles. The molecule has 117 heavy (non-hydrogen) atoms. The van der Waals surface area contributed by atoms with Crippen LogP contribution in [-0.4, -0.2) is 95.6 Å². The lowest BCUT2D eigenvalue weighted by atomic mass is 9.79. The number of hydrogen-bond acceptors (Lipinski definition) is 19. The van der Waals surface area contributed by atoms with Crippen molar-refractivity contribution in [2.45, 2.75) is 202 Å². The fourth-order valence-corrected chi connectivity index (χ4v) is 12.2. The first-order valence-corrected chi connectivity index (χ1v) is 40.4. The molecule has 5 saturated carbocycles. The minimum atomic E-state index is -1.31. The summed E-state index contributed by atoms with van der Waals surface area (Å²) in [5, 5.41) is 16.3. The molecule has 5 aliphatic carbocycles. The number of aliphatic carboxylic acids is 2. The van der Waals surface area contributed by atoms with E-state index in [0.717, 1.165) is 46.2 Å². The molecule has 0 bridgehead atoms. The molecule has 2 N–H and O–H groups in total. The number of carbonyl (C=O) groups is 13. The molecule has 6 aromatic carbocycles. The Hall–Kier alpha value is -10.2. The molecule has 5 aliphatic rings. The molecule has 0 amide bonds. The van der Waals surface area contributed by atoms with E-state index in [2.05, 4.69) is 19.7 Å². The minimum Gasteiger partial charge on any atom is -0.481 e. The maximum Gasteiger partial charge on any atom is 0.306 e. The highest BCUT2D eigenvalue weighted by molar-refractivity contribution is 6.61. The molecule has 0 radical (unpaired) electrons. The monoisotopic (exact) mass is 1690 g/mol. The van der Waals surface area contributed by atoms with Crippen molar-refractivity contribution < 1.29 is 101 Å². The van der Waals surface area contributed by atoms with E-state index in [-0.39, 0.29) is 104 Å². The van der Waals surface area contributed by atoms with E-state index < -0.39 is 20.6 Å². The Morgan fingerprint density at radius 3 is 0.675 bits per heavy atom. The highest BCUT2D eigenvalue weighted by atomic mass is 35.5. The summed E-state index contributed by atoms with van der Waals surface area (Å²) in [7, 11) is 0. The molecule has 0 spiro atoms. The predicted octanol–water partition coefficient (Wildman–Crippen LogP) is 18.8. The Kier molecular flexibility index (Phi) is 48.3. The third-order valence-corrected chi connectivity index (χ3v) is 20.6. The van der Waals surface area contributed by atoms with Gasteiger partial charge in [-0.05, 0) is 103 Å². The first kappa shape index (κ1) is 99.2. The summed E-state index contributed by atoms with van der Waals surface area (Å²) in [6, 6.07) is 57.4. The molecule has 0 aromatic heterocycles. The van der Waals surface area contributed by atoms with E-state index in [9.17, 15) is 62.3 Å². The fraction of sp³-hybridized carbons (Fsp3) is 0.402. The highest BCUT2D eigenvalue weighted by Gasteiger charge is 2.53. The Labute approximate surface area is 705 Å². The van der Waals surface area contributed by atoms with E-state index in [0.29, 0.717) is 171 Å². The summed E-state index contributed by atoms with van der Waals surface area (Å²) in [5.41, 5.74) is 5.91. The number of halogens is 4. The predicted molar refractivity (Wildman–Crippen MR) is 445 cm³/mol. The normalized spacial score (nSPS) is 15.5. The molecule has 6 aromatic rings. The summed E-state index contributed by atoms with van der Waals surface area (Å²) < 4.78 is 28.0. The first-order chi connectivity index (χ1) is 56.1. The van der Waals surface area contributed by atoms with Gasteiger partial charge < -0.3 is 38.6 Å². The standard InChI is InChI=1S/2C14H14Cl2O3.2C14H16O3.2C12H14O2.C7H10O3.C5H8O2/c2*15-14(16)11(8-12(14)17)6-7-13(18)19-9-10-4-2-1-3-5-10;2*15-13-8-12(9-13)6-7-14(16)17-10-11-4-2-1-3-5-11;2*1-2-3-9-12(13)14-10-11-7-5-4-6-8-11;8-6-3-5(4-6)1-2-7(9)10;1-2-3-4-5(6)7/h2*1-5,11H,6-9H2;2*1-5,12H,6-10H2;2*2,4-8H,1,3,9-10H2;5H,1-4H2,(H,9,10);2H,1,3-4H2,(H,6,7). The average molecular weight is 1690 g/mol. The third kappa shape index (κ3) is 44.1. The van der Waals surface area contributed by atoms with Crippen molar-refractivity contribution in [3.05, 3.63) is 253 Å². The SMILES string of the molecule is C=CCCC(=O)O.C=CCCC(=O)OCc1ccccc1.C=CCCC(=O)OCc1ccccc1.O=C(CCC1CC(=O)C1(Cl)Cl)OCc1ccccc1.O=C(CCC1CC(=O)C1(Cl)Cl)OCc1ccccc1.O=C(O)CCC1CC(=O)C1.O=C1CC(CCC(=O)OCc2ccccc2)C1.O=C1CC(CCC(=O)OCc2ccccc2)C1. The molecule has 21 nitrogen and oxygen atoms in total. The van der Waals surface area contributed by atoms with Gasteiger partial charge in [0, 0.05) is 115 Å². The van der Waals surface area contributed by atoms with Gasteiger partial charge in [-0.1, -0.05) is 247 Å². The molecule has 628 valence electrons. The number of hydrogen-bond donors (Lipinski definition) is 2. The molecule has 5 fully saturated rings. The van der Waals surface area contributed by atoms with Crippen LogP contribution in [0.25, 0.3) is 0 Å². The third-order valence-electron chi connectivity index (χ3n) is 18.5. The summed E-state index contributed by atoms with van der Waals surface area (Å²) in [5.74, 6) is -1.36. The minimum absolute atomic E-state index is 0.146. The van der Waals surface area contributed by atoms with Gasteiger partial charge in [0.15, 0.2) is 20.2 Å². The number of carbonyl (C=O) groups excluding carboxylic acids is 11.